The average Bonchev–Trinajstić information content (AvgIpc) is 2.99. The van der Waals surface area contributed by atoms with E-state index in [9.17, 15) is 8.42 Å². The zero-order valence-corrected chi connectivity index (χ0v) is 20.5. The van der Waals surface area contributed by atoms with Gasteiger partial charge >= 0.3 is 0 Å². The smallest absolute Gasteiger partial charge is 0.269 e. The van der Waals surface area contributed by atoms with Crippen molar-refractivity contribution in [3.63, 3.8) is 0 Å². The maximum Gasteiger partial charge on any atom is 0.269 e. The molecular formula is C21H25BrClN3O3S. The number of methoxy groups -OCH3 is 1. The van der Waals surface area contributed by atoms with Gasteiger partial charge in [0.05, 0.1) is 23.3 Å². The van der Waals surface area contributed by atoms with Gasteiger partial charge in [0, 0.05) is 28.9 Å². The molecule has 0 fully saturated rings. The number of para-hydroxylation sites is 1. The quantitative estimate of drug-likeness (QED) is 0.492. The summed E-state index contributed by atoms with van der Waals surface area (Å²) in [7, 11) is 3.42. The lowest BCUT2D eigenvalue weighted by Gasteiger charge is -2.25. The number of hydrogen-bond donors (Lipinski definition) is 1. The van der Waals surface area contributed by atoms with Gasteiger partial charge in [0.2, 0.25) is 0 Å². The second-order valence-electron chi connectivity index (χ2n) is 7.22. The lowest BCUT2D eigenvalue weighted by molar-refractivity contribution is 0.284. The van der Waals surface area contributed by atoms with Crippen LogP contribution >= 0.6 is 27.5 Å². The molecule has 0 bridgehead atoms. The second kappa shape index (κ2) is 9.28. The van der Waals surface area contributed by atoms with Crippen molar-refractivity contribution in [3.05, 3.63) is 57.7 Å². The number of nitrogens with zero attached hydrogens (tertiary/aromatic N) is 2. The number of fused-ring (bicyclic) bond motifs is 1. The van der Waals surface area contributed by atoms with Crippen molar-refractivity contribution in [2.45, 2.75) is 17.4 Å². The standard InChI is InChI=1S/C21H25BrClN3O3S/c1-24-13-14(25(2)3)11-19-21(23)16-7-5-6-8-18(16)26(19)30(27,28)20-10-9-15(29-4)12-17(20)22/h5-10,12,14,24H,11,13H2,1-4H3. The van der Waals surface area contributed by atoms with E-state index in [1.807, 2.05) is 39.3 Å². The van der Waals surface area contributed by atoms with Gasteiger partial charge in [-0.3, -0.25) is 0 Å². The van der Waals surface area contributed by atoms with E-state index < -0.39 is 10.0 Å². The SMILES string of the molecule is CNCC(Cc1c(Cl)c2ccccc2n1S(=O)(=O)c1ccc(OC)cc1Br)N(C)C. The van der Waals surface area contributed by atoms with Crippen LogP contribution in [0, 0.1) is 0 Å². The molecule has 1 aromatic heterocycles. The fourth-order valence-electron chi connectivity index (χ4n) is 3.49. The van der Waals surface area contributed by atoms with E-state index in [0.717, 1.165) is 0 Å². The summed E-state index contributed by atoms with van der Waals surface area (Å²) in [6.45, 7) is 0.692. The van der Waals surface area contributed by atoms with Crippen molar-refractivity contribution < 1.29 is 13.2 Å². The van der Waals surface area contributed by atoms with Crippen LogP contribution in [0.3, 0.4) is 0 Å². The van der Waals surface area contributed by atoms with E-state index in [0.29, 0.717) is 44.8 Å². The number of ether oxygens (including phenoxy) is 1. The Morgan fingerprint density at radius 1 is 1.23 bits per heavy atom. The van der Waals surface area contributed by atoms with Gasteiger partial charge in [-0.05, 0) is 61.3 Å². The molecule has 0 aliphatic carbocycles. The highest BCUT2D eigenvalue weighted by molar-refractivity contribution is 9.10. The van der Waals surface area contributed by atoms with Gasteiger partial charge in [-0.1, -0.05) is 29.8 Å². The van der Waals surface area contributed by atoms with Crippen molar-refractivity contribution in [1.29, 1.82) is 0 Å². The van der Waals surface area contributed by atoms with E-state index in [2.05, 4.69) is 26.1 Å². The molecule has 162 valence electrons. The molecule has 1 unspecified atom stereocenters. The van der Waals surface area contributed by atoms with Gasteiger partial charge in [-0.15, -0.1) is 0 Å². The third kappa shape index (κ3) is 4.24. The first-order valence-electron chi connectivity index (χ1n) is 9.40. The third-order valence-corrected chi connectivity index (χ3v) is 8.26. The number of hydrogen-bond acceptors (Lipinski definition) is 5. The van der Waals surface area contributed by atoms with Crippen LogP contribution < -0.4 is 10.1 Å². The molecule has 9 heteroatoms. The summed E-state index contributed by atoms with van der Waals surface area (Å²) in [5.74, 6) is 0.568. The molecule has 0 saturated heterocycles. The Bertz CT molecular complexity index is 1160. The van der Waals surface area contributed by atoms with Crippen molar-refractivity contribution in [1.82, 2.24) is 14.2 Å². The Morgan fingerprint density at radius 2 is 1.93 bits per heavy atom. The molecule has 1 N–H and O–H groups in total. The predicted octanol–water partition coefficient (Wildman–Crippen LogP) is 3.99. The molecule has 3 aromatic rings. The van der Waals surface area contributed by atoms with Crippen LogP contribution in [-0.4, -0.2) is 58.1 Å². The molecule has 1 atom stereocenters. The lowest BCUT2D eigenvalue weighted by atomic mass is 10.1. The fraction of sp³-hybridized carbons (Fsp3) is 0.333. The number of likely N-dealkylation sites (N-methyl/N-ethyl adjacent to an activating group) is 2. The summed E-state index contributed by atoms with van der Waals surface area (Å²) in [4.78, 5) is 2.21. The van der Waals surface area contributed by atoms with Gasteiger partial charge in [-0.2, -0.15) is 0 Å². The second-order valence-corrected chi connectivity index (χ2v) is 10.2. The molecular weight excluding hydrogens is 490 g/mol. The van der Waals surface area contributed by atoms with Crippen LogP contribution in [0.4, 0.5) is 0 Å². The molecule has 0 spiro atoms. The molecule has 2 aromatic carbocycles. The highest BCUT2D eigenvalue weighted by atomic mass is 79.9. The fourth-order valence-corrected chi connectivity index (χ4v) is 6.44. The van der Waals surface area contributed by atoms with Gasteiger partial charge in [0.25, 0.3) is 10.0 Å². The number of benzene rings is 2. The summed E-state index contributed by atoms with van der Waals surface area (Å²) in [5.41, 5.74) is 1.12. The third-order valence-electron chi connectivity index (χ3n) is 5.11. The average molecular weight is 515 g/mol. The highest BCUT2D eigenvalue weighted by Gasteiger charge is 2.29. The minimum Gasteiger partial charge on any atom is -0.497 e. The molecule has 0 amide bonds. The zero-order valence-electron chi connectivity index (χ0n) is 17.3. The van der Waals surface area contributed by atoms with Crippen LogP contribution in [-0.2, 0) is 16.4 Å². The minimum absolute atomic E-state index is 0.0603. The normalized spacial score (nSPS) is 13.2. The monoisotopic (exact) mass is 513 g/mol. The molecule has 30 heavy (non-hydrogen) atoms. The Balaban J connectivity index is 2.26. The summed E-state index contributed by atoms with van der Waals surface area (Å²) in [6, 6.07) is 12.2. The molecule has 0 saturated carbocycles. The highest BCUT2D eigenvalue weighted by Crippen LogP contribution is 2.37. The van der Waals surface area contributed by atoms with Gasteiger partial charge in [-0.25, -0.2) is 12.4 Å². The molecule has 3 rings (SSSR count). The first-order chi connectivity index (χ1) is 14.2. The Labute approximate surface area is 190 Å². The Morgan fingerprint density at radius 3 is 2.53 bits per heavy atom. The molecule has 0 aliphatic rings. The van der Waals surface area contributed by atoms with Gasteiger partial charge in [0.15, 0.2) is 0 Å². The van der Waals surface area contributed by atoms with Crippen LogP contribution in [0.5, 0.6) is 5.75 Å². The van der Waals surface area contributed by atoms with Crippen LogP contribution in [0.25, 0.3) is 10.9 Å². The number of nitrogens with one attached hydrogen (secondary N) is 1. The van der Waals surface area contributed by atoms with Crippen molar-refractivity contribution in [2.24, 2.45) is 0 Å². The summed E-state index contributed by atoms with van der Waals surface area (Å²) in [5, 5.41) is 4.34. The molecule has 0 aliphatic heterocycles. The van der Waals surface area contributed by atoms with Gasteiger partial charge in [0.1, 0.15) is 10.6 Å². The number of aromatic nitrogens is 1. The Hall–Kier alpha value is -1.58. The summed E-state index contributed by atoms with van der Waals surface area (Å²) >= 11 is 10.1. The largest absolute Gasteiger partial charge is 0.497 e. The first-order valence-corrected chi connectivity index (χ1v) is 12.0. The summed E-state index contributed by atoms with van der Waals surface area (Å²) < 4.78 is 34.6. The van der Waals surface area contributed by atoms with Crippen molar-refractivity contribution >= 4 is 48.5 Å². The predicted molar refractivity (Wildman–Crippen MR) is 125 cm³/mol. The van der Waals surface area contributed by atoms with E-state index in [1.165, 1.54) is 11.1 Å². The first kappa shape index (κ1) is 23.1. The van der Waals surface area contributed by atoms with E-state index >= 15 is 0 Å². The molecule has 1 heterocycles. The number of halogens is 2. The summed E-state index contributed by atoms with van der Waals surface area (Å²) in [6.07, 6.45) is 0.467. The van der Waals surface area contributed by atoms with Crippen LogP contribution in [0.1, 0.15) is 5.69 Å². The minimum atomic E-state index is -3.93. The van der Waals surface area contributed by atoms with E-state index in [1.54, 1.807) is 24.3 Å². The maximum absolute atomic E-state index is 13.8. The van der Waals surface area contributed by atoms with Crippen molar-refractivity contribution in [3.8, 4) is 5.75 Å². The van der Waals surface area contributed by atoms with Crippen molar-refractivity contribution in [2.75, 3.05) is 34.8 Å². The van der Waals surface area contributed by atoms with E-state index in [4.69, 9.17) is 16.3 Å². The molecule has 6 nitrogen and oxygen atoms in total. The van der Waals surface area contributed by atoms with Crippen LogP contribution in [0.2, 0.25) is 5.02 Å². The topological polar surface area (TPSA) is 63.6 Å². The number of rotatable bonds is 8. The maximum atomic E-state index is 13.8. The van der Waals surface area contributed by atoms with E-state index in [-0.39, 0.29) is 10.9 Å². The lowest BCUT2D eigenvalue weighted by Crippen LogP contribution is -2.39. The Kier molecular flexibility index (Phi) is 7.14. The van der Waals surface area contributed by atoms with Crippen LogP contribution in [0.15, 0.2) is 51.8 Å². The zero-order chi connectivity index (χ0) is 22.1. The van der Waals surface area contributed by atoms with Gasteiger partial charge < -0.3 is 15.0 Å². The molecule has 0 radical (unpaired) electrons.